The summed E-state index contributed by atoms with van der Waals surface area (Å²) in [7, 11) is -1.42. The normalized spacial score (nSPS) is 11.9. The van der Waals surface area contributed by atoms with E-state index in [1.54, 1.807) is 0 Å². The molecule has 4 heteroatoms. The number of benzene rings is 5. The Bertz CT molecular complexity index is 1220. The molecule has 5 rings (SSSR count). The molecule has 5 aromatic carbocycles. The Hall–Kier alpha value is -3.55. The van der Waals surface area contributed by atoms with Crippen LogP contribution in [0.4, 0.5) is 0 Å². The van der Waals surface area contributed by atoms with Crippen molar-refractivity contribution in [3.8, 4) is 0 Å². The van der Waals surface area contributed by atoms with E-state index in [1.807, 2.05) is 0 Å². The van der Waals surface area contributed by atoms with Crippen molar-refractivity contribution < 1.29 is 8.85 Å². The maximum Gasteiger partial charge on any atom is 0.192 e. The van der Waals surface area contributed by atoms with Crippen LogP contribution in [-0.2, 0) is 8.85 Å². The van der Waals surface area contributed by atoms with E-state index >= 15 is 0 Å². The molecule has 0 amide bonds. The van der Waals surface area contributed by atoms with E-state index in [4.69, 9.17) is 8.85 Å². The molecule has 0 N–H and O–H groups in total. The second-order valence-electron chi connectivity index (χ2n) is 11.0. The van der Waals surface area contributed by atoms with E-state index in [-0.39, 0.29) is 0 Å². The van der Waals surface area contributed by atoms with E-state index < -0.39 is 19.5 Å². The third kappa shape index (κ3) is 9.23. The van der Waals surface area contributed by atoms with Gasteiger partial charge in [-0.15, -0.1) is 0 Å². The van der Waals surface area contributed by atoms with Crippen LogP contribution in [0.3, 0.4) is 0 Å². The van der Waals surface area contributed by atoms with Crippen molar-refractivity contribution in [1.29, 1.82) is 0 Å². The summed E-state index contributed by atoms with van der Waals surface area (Å²) in [6.45, 7) is 1.66. The third-order valence-corrected chi connectivity index (χ3v) is 10.5. The van der Waals surface area contributed by atoms with Gasteiger partial charge >= 0.3 is 0 Å². The smallest absolute Gasteiger partial charge is 0.192 e. The molecule has 0 aromatic heterocycles. The highest BCUT2D eigenvalue weighted by Crippen LogP contribution is 2.30. The molecular formula is C38H42O2Si2. The van der Waals surface area contributed by atoms with Crippen molar-refractivity contribution in [3.05, 3.63) is 168 Å². The summed E-state index contributed by atoms with van der Waals surface area (Å²) in [6, 6.07) is 52.5. The molecule has 5 aromatic rings. The van der Waals surface area contributed by atoms with E-state index in [1.165, 1.54) is 32.6 Å². The molecule has 0 aliphatic rings. The number of hydrogen-bond acceptors (Lipinski definition) is 2. The Labute approximate surface area is 256 Å². The van der Waals surface area contributed by atoms with Crippen LogP contribution >= 0.6 is 0 Å². The van der Waals surface area contributed by atoms with Crippen LogP contribution in [0.2, 0.25) is 0 Å². The van der Waals surface area contributed by atoms with Crippen molar-refractivity contribution in [2.24, 2.45) is 0 Å². The lowest BCUT2D eigenvalue weighted by Crippen LogP contribution is -2.24. The molecule has 0 heterocycles. The lowest BCUT2D eigenvalue weighted by molar-refractivity contribution is 0.325. The fraction of sp³-hybridized carbons (Fsp3) is 0.211. The van der Waals surface area contributed by atoms with Crippen molar-refractivity contribution in [3.63, 3.8) is 0 Å². The number of hydrogen-bond donors (Lipinski definition) is 0. The molecule has 42 heavy (non-hydrogen) atoms. The van der Waals surface area contributed by atoms with Crippen molar-refractivity contribution in [1.82, 2.24) is 0 Å². The zero-order valence-electron chi connectivity index (χ0n) is 24.5. The first-order valence-corrected chi connectivity index (χ1v) is 17.9. The molecule has 0 bridgehead atoms. The zero-order chi connectivity index (χ0) is 28.7. The molecule has 2 nitrogen and oxygen atoms in total. The number of rotatable bonds is 16. The topological polar surface area (TPSA) is 18.5 Å². The van der Waals surface area contributed by atoms with Crippen LogP contribution < -0.4 is 10.4 Å². The van der Waals surface area contributed by atoms with E-state index in [0.29, 0.717) is 11.8 Å². The van der Waals surface area contributed by atoms with Gasteiger partial charge in [0.2, 0.25) is 0 Å². The van der Waals surface area contributed by atoms with Gasteiger partial charge in [-0.1, -0.05) is 146 Å². The molecule has 0 saturated carbocycles. The average Bonchev–Trinajstić information content (AvgIpc) is 3.06. The third-order valence-electron chi connectivity index (χ3n) is 7.93. The lowest BCUT2D eigenvalue weighted by Gasteiger charge is -2.18. The summed E-state index contributed by atoms with van der Waals surface area (Å²) in [5, 5.41) is 2.73. The summed E-state index contributed by atoms with van der Waals surface area (Å²) >= 11 is 0. The van der Waals surface area contributed by atoms with E-state index in [9.17, 15) is 0 Å². The highest BCUT2D eigenvalue weighted by molar-refractivity contribution is 6.49. The Morgan fingerprint density at radius 1 is 0.381 bits per heavy atom. The largest absolute Gasteiger partial charge is 0.419 e. The van der Waals surface area contributed by atoms with E-state index in [0.717, 1.165) is 38.9 Å². The van der Waals surface area contributed by atoms with Gasteiger partial charge in [0.05, 0.1) is 0 Å². The molecule has 0 atom stereocenters. The first-order valence-electron chi connectivity index (χ1n) is 15.3. The van der Waals surface area contributed by atoms with Gasteiger partial charge in [-0.25, -0.2) is 0 Å². The highest BCUT2D eigenvalue weighted by atomic mass is 28.2. The molecule has 0 saturated heterocycles. The first-order chi connectivity index (χ1) is 20.9. The van der Waals surface area contributed by atoms with Gasteiger partial charge in [0.15, 0.2) is 19.5 Å². The predicted octanol–water partition coefficient (Wildman–Crippen LogP) is 6.36. The van der Waals surface area contributed by atoms with Gasteiger partial charge in [-0.05, 0) is 58.3 Å². The van der Waals surface area contributed by atoms with Gasteiger partial charge in [0, 0.05) is 25.0 Å². The summed E-state index contributed by atoms with van der Waals surface area (Å²) in [4.78, 5) is 0. The average molecular weight is 587 g/mol. The summed E-state index contributed by atoms with van der Waals surface area (Å²) in [5.41, 5.74) is 5.54. The van der Waals surface area contributed by atoms with Crippen LogP contribution in [-0.4, -0.2) is 32.7 Å². The standard InChI is InChI=1S/C38H42O2Si2/c1-5-15-31(16-6-1)37(32-17-7-2-8-18-32)23-13-29-39-41-35-25-27-36(28-26-35)42-40-30-14-24-38(33-19-9-3-10-20-33)34-21-11-4-12-22-34/h1-12,15-22,25-28,37-38H,13-14,23-24,29-30,41-42H2. The molecule has 0 fully saturated rings. The van der Waals surface area contributed by atoms with Crippen LogP contribution in [0.15, 0.2) is 146 Å². The molecular weight excluding hydrogens is 545 g/mol. The SMILES string of the molecule is c1ccc(C(CCCO[SiH2]c2ccc([SiH2]OCCCC(c3ccccc3)c3ccccc3)cc2)c2ccccc2)cc1. The fourth-order valence-corrected chi connectivity index (χ4v) is 7.71. The quantitative estimate of drug-likeness (QED) is 0.0989. The van der Waals surface area contributed by atoms with Crippen molar-refractivity contribution in [2.45, 2.75) is 37.5 Å². The van der Waals surface area contributed by atoms with Crippen molar-refractivity contribution >= 4 is 29.9 Å². The van der Waals surface area contributed by atoms with Gasteiger partial charge in [-0.2, -0.15) is 0 Å². The van der Waals surface area contributed by atoms with Crippen LogP contribution in [0.1, 0.15) is 59.8 Å². The van der Waals surface area contributed by atoms with Crippen LogP contribution in [0.25, 0.3) is 0 Å². The molecule has 214 valence electrons. The highest BCUT2D eigenvalue weighted by Gasteiger charge is 2.14. The monoisotopic (exact) mass is 586 g/mol. The fourth-order valence-electron chi connectivity index (χ4n) is 5.68. The molecule has 0 radical (unpaired) electrons. The van der Waals surface area contributed by atoms with Gasteiger partial charge < -0.3 is 8.85 Å². The van der Waals surface area contributed by atoms with E-state index in [2.05, 4.69) is 146 Å². The molecule has 0 aliphatic heterocycles. The van der Waals surface area contributed by atoms with Gasteiger partial charge in [0.1, 0.15) is 0 Å². The van der Waals surface area contributed by atoms with Crippen LogP contribution in [0.5, 0.6) is 0 Å². The second-order valence-corrected chi connectivity index (χ2v) is 14.0. The lowest BCUT2D eigenvalue weighted by atomic mass is 9.88. The summed E-state index contributed by atoms with van der Waals surface area (Å²) in [6.07, 6.45) is 4.33. The van der Waals surface area contributed by atoms with Gasteiger partial charge in [0.25, 0.3) is 0 Å². The van der Waals surface area contributed by atoms with Gasteiger partial charge in [-0.3, -0.25) is 0 Å². The first kappa shape index (κ1) is 29.9. The predicted molar refractivity (Wildman–Crippen MR) is 183 cm³/mol. The Balaban J connectivity index is 1.01. The molecule has 0 unspecified atom stereocenters. The minimum absolute atomic E-state index is 0.421. The maximum atomic E-state index is 6.21. The Morgan fingerprint density at radius 3 is 0.952 bits per heavy atom. The maximum absolute atomic E-state index is 6.21. The summed E-state index contributed by atoms with van der Waals surface area (Å²) in [5.74, 6) is 0.842. The van der Waals surface area contributed by atoms with Crippen LogP contribution in [0, 0.1) is 0 Å². The molecule has 0 aliphatic carbocycles. The summed E-state index contributed by atoms with van der Waals surface area (Å²) < 4.78 is 12.4. The Morgan fingerprint density at radius 2 is 0.667 bits per heavy atom. The minimum Gasteiger partial charge on any atom is -0.419 e. The van der Waals surface area contributed by atoms with Crippen molar-refractivity contribution in [2.75, 3.05) is 13.2 Å². The minimum atomic E-state index is -0.711. The second kappa shape index (κ2) is 16.8. The Kier molecular flexibility index (Phi) is 12.0. The zero-order valence-corrected chi connectivity index (χ0v) is 27.3. The molecule has 0 spiro atoms.